The molecule has 2 atom stereocenters. The Hall–Kier alpha value is -1.65. The Morgan fingerprint density at radius 1 is 0.329 bits per heavy atom. The fourth-order valence-electron chi connectivity index (χ4n) is 9.92. The Bertz CT molecular complexity index is 1110. The molecule has 0 fully saturated rings. The van der Waals surface area contributed by atoms with Crippen LogP contribution in [0.4, 0.5) is 0 Å². The number of nitrogens with one attached hydrogen (secondary N) is 1. The van der Waals surface area contributed by atoms with Crippen LogP contribution in [0.15, 0.2) is 48.6 Å². The molecule has 0 saturated heterocycles. The van der Waals surface area contributed by atoms with Gasteiger partial charge in [0, 0.05) is 6.42 Å². The molecule has 4 heteroatoms. The average Bonchev–Trinajstić information content (AvgIpc) is 3.36. The minimum absolute atomic E-state index is 0.0725. The van der Waals surface area contributed by atoms with E-state index >= 15 is 0 Å². The molecule has 412 valence electrons. The molecule has 0 aliphatic carbocycles. The molecular weight excluding hydrogens is 855 g/mol. The summed E-state index contributed by atoms with van der Waals surface area (Å²) in [7, 11) is 0. The van der Waals surface area contributed by atoms with Crippen molar-refractivity contribution in [3.8, 4) is 0 Å². The van der Waals surface area contributed by atoms with E-state index in [9.17, 15) is 15.0 Å². The second-order valence-corrected chi connectivity index (χ2v) is 21.8. The minimum Gasteiger partial charge on any atom is -0.394 e. The van der Waals surface area contributed by atoms with Crippen LogP contribution < -0.4 is 5.32 Å². The molecule has 4 nitrogen and oxygen atoms in total. The lowest BCUT2D eigenvalue weighted by molar-refractivity contribution is -0.123. The van der Waals surface area contributed by atoms with Crippen molar-refractivity contribution >= 4 is 5.91 Å². The van der Waals surface area contributed by atoms with Gasteiger partial charge in [0.15, 0.2) is 0 Å². The number of rotatable bonds is 59. The SMILES string of the molecule is CCCCCCCCCCCCCC/C=C\CCCCCCCCCCCCCCCCCCCC(=O)NC(CO)C(O)/C=C/CC/C=C/CC/C=C/CCCCCCCCCCCCCCCCC. The van der Waals surface area contributed by atoms with Gasteiger partial charge < -0.3 is 15.5 Å². The van der Waals surface area contributed by atoms with Crippen LogP contribution in [0.2, 0.25) is 0 Å². The van der Waals surface area contributed by atoms with E-state index in [-0.39, 0.29) is 12.5 Å². The maximum Gasteiger partial charge on any atom is 0.220 e. The van der Waals surface area contributed by atoms with Crippen LogP contribution in [0.25, 0.3) is 0 Å². The van der Waals surface area contributed by atoms with Crippen molar-refractivity contribution in [2.45, 2.75) is 360 Å². The highest BCUT2D eigenvalue weighted by Crippen LogP contribution is 2.18. The van der Waals surface area contributed by atoms with Gasteiger partial charge >= 0.3 is 0 Å². The van der Waals surface area contributed by atoms with Gasteiger partial charge in [0.1, 0.15) is 0 Å². The van der Waals surface area contributed by atoms with Gasteiger partial charge in [0.25, 0.3) is 0 Å². The van der Waals surface area contributed by atoms with E-state index in [0.717, 1.165) is 38.5 Å². The van der Waals surface area contributed by atoms with Gasteiger partial charge in [0.05, 0.1) is 18.8 Å². The highest BCUT2D eigenvalue weighted by atomic mass is 16.3. The molecule has 2 unspecified atom stereocenters. The number of allylic oxidation sites excluding steroid dienone is 7. The summed E-state index contributed by atoms with van der Waals surface area (Å²) < 4.78 is 0. The zero-order valence-electron chi connectivity index (χ0n) is 47.6. The van der Waals surface area contributed by atoms with Crippen molar-refractivity contribution in [3.05, 3.63) is 48.6 Å². The summed E-state index contributed by atoms with van der Waals surface area (Å²) in [6.07, 6.45) is 86.0. The van der Waals surface area contributed by atoms with E-state index in [1.54, 1.807) is 6.08 Å². The predicted molar refractivity (Wildman–Crippen MR) is 313 cm³/mol. The van der Waals surface area contributed by atoms with Gasteiger partial charge in [-0.3, -0.25) is 4.79 Å². The molecular formula is C66H125NO3. The number of aliphatic hydroxyl groups is 2. The first kappa shape index (κ1) is 68.4. The first-order chi connectivity index (χ1) is 34.7. The van der Waals surface area contributed by atoms with Crippen molar-refractivity contribution < 1.29 is 15.0 Å². The lowest BCUT2D eigenvalue weighted by Gasteiger charge is -2.19. The van der Waals surface area contributed by atoms with E-state index in [2.05, 4.69) is 55.6 Å². The smallest absolute Gasteiger partial charge is 0.220 e. The molecule has 0 bridgehead atoms. The molecule has 0 spiro atoms. The van der Waals surface area contributed by atoms with Crippen molar-refractivity contribution in [2.24, 2.45) is 0 Å². The summed E-state index contributed by atoms with van der Waals surface area (Å²) in [5.41, 5.74) is 0. The standard InChI is InChI=1S/C66H125NO3/c1-3-5-7-9-11-13-15-17-19-21-23-25-27-29-30-31-32-33-34-35-36-38-40-42-44-46-48-50-52-54-56-58-60-62-66(70)67-64(63-68)65(69)61-59-57-55-53-51-49-47-45-43-41-39-37-28-26-24-22-20-18-16-14-12-10-8-6-4-2/h29-30,43,45,51,53,59,61,64-65,68-69H,3-28,31-42,44,46-50,52,54-58,60,62-63H2,1-2H3,(H,67,70)/b30-29-,45-43+,53-51+,61-59+. The maximum atomic E-state index is 12.5. The van der Waals surface area contributed by atoms with Crippen molar-refractivity contribution in [3.63, 3.8) is 0 Å². The van der Waals surface area contributed by atoms with E-state index < -0.39 is 12.1 Å². The molecule has 0 saturated carbocycles. The Labute approximate surface area is 439 Å². The number of aliphatic hydroxyl groups excluding tert-OH is 2. The molecule has 0 heterocycles. The number of carbonyl (C=O) groups excluding carboxylic acids is 1. The monoisotopic (exact) mass is 980 g/mol. The third kappa shape index (κ3) is 57.3. The summed E-state index contributed by atoms with van der Waals surface area (Å²) in [6, 6.07) is -0.647. The average molecular weight is 981 g/mol. The zero-order valence-corrected chi connectivity index (χ0v) is 47.6. The number of carbonyl (C=O) groups is 1. The molecule has 0 aromatic carbocycles. The van der Waals surface area contributed by atoms with Crippen LogP contribution in [0.3, 0.4) is 0 Å². The largest absolute Gasteiger partial charge is 0.394 e. The molecule has 0 aliphatic rings. The minimum atomic E-state index is -0.871. The van der Waals surface area contributed by atoms with Crippen LogP contribution in [0.1, 0.15) is 348 Å². The molecule has 0 aromatic rings. The van der Waals surface area contributed by atoms with Gasteiger partial charge in [-0.1, -0.05) is 319 Å². The lowest BCUT2D eigenvalue weighted by Crippen LogP contribution is -2.45. The van der Waals surface area contributed by atoms with Gasteiger partial charge in [-0.2, -0.15) is 0 Å². The Morgan fingerprint density at radius 3 is 0.829 bits per heavy atom. The van der Waals surface area contributed by atoms with Gasteiger partial charge in [-0.25, -0.2) is 0 Å². The van der Waals surface area contributed by atoms with Crippen LogP contribution in [-0.2, 0) is 4.79 Å². The number of hydrogen-bond acceptors (Lipinski definition) is 3. The first-order valence-corrected chi connectivity index (χ1v) is 31.9. The number of unbranched alkanes of at least 4 members (excludes halogenated alkanes) is 46. The van der Waals surface area contributed by atoms with Crippen LogP contribution in [0.5, 0.6) is 0 Å². The molecule has 70 heavy (non-hydrogen) atoms. The first-order valence-electron chi connectivity index (χ1n) is 31.9. The van der Waals surface area contributed by atoms with Gasteiger partial charge in [-0.05, 0) is 70.6 Å². The van der Waals surface area contributed by atoms with Crippen LogP contribution in [-0.4, -0.2) is 34.9 Å². The van der Waals surface area contributed by atoms with Crippen molar-refractivity contribution in [2.75, 3.05) is 6.61 Å². The number of hydrogen-bond donors (Lipinski definition) is 3. The fourth-order valence-corrected chi connectivity index (χ4v) is 9.92. The second-order valence-electron chi connectivity index (χ2n) is 21.8. The van der Waals surface area contributed by atoms with Gasteiger partial charge in [-0.15, -0.1) is 0 Å². The van der Waals surface area contributed by atoms with E-state index in [4.69, 9.17) is 0 Å². The van der Waals surface area contributed by atoms with Crippen LogP contribution in [0, 0.1) is 0 Å². The second kappa shape index (κ2) is 61.6. The normalized spacial score (nSPS) is 13.0. The molecule has 0 aliphatic heterocycles. The quantitative estimate of drug-likeness (QED) is 0.0420. The number of amides is 1. The predicted octanol–water partition coefficient (Wildman–Crippen LogP) is 21.4. The molecule has 0 rings (SSSR count). The molecule has 0 aromatic heterocycles. The van der Waals surface area contributed by atoms with Crippen molar-refractivity contribution in [1.29, 1.82) is 0 Å². The summed E-state index contributed by atoms with van der Waals surface area (Å²) in [4.78, 5) is 12.5. The van der Waals surface area contributed by atoms with E-state index in [1.165, 1.54) is 289 Å². The topological polar surface area (TPSA) is 69.6 Å². The summed E-state index contributed by atoms with van der Waals surface area (Å²) in [5.74, 6) is -0.0725. The molecule has 3 N–H and O–H groups in total. The van der Waals surface area contributed by atoms with Crippen molar-refractivity contribution in [1.82, 2.24) is 5.32 Å². The highest BCUT2D eigenvalue weighted by Gasteiger charge is 2.18. The summed E-state index contributed by atoms with van der Waals surface area (Å²) in [6.45, 7) is 4.33. The highest BCUT2D eigenvalue weighted by molar-refractivity contribution is 5.76. The fraction of sp³-hybridized carbons (Fsp3) is 0.864. The lowest BCUT2D eigenvalue weighted by atomic mass is 10.0. The van der Waals surface area contributed by atoms with E-state index in [1.807, 2.05) is 6.08 Å². The molecule has 1 amide bonds. The summed E-state index contributed by atoms with van der Waals surface area (Å²) >= 11 is 0. The van der Waals surface area contributed by atoms with E-state index in [0.29, 0.717) is 6.42 Å². The van der Waals surface area contributed by atoms with Gasteiger partial charge in [0.2, 0.25) is 5.91 Å². The molecule has 0 radical (unpaired) electrons. The third-order valence-corrected chi connectivity index (χ3v) is 14.8. The maximum absolute atomic E-state index is 12.5. The Kier molecular flexibility index (Phi) is 60.2. The van der Waals surface area contributed by atoms with Crippen LogP contribution >= 0.6 is 0 Å². The Balaban J connectivity index is 3.49. The zero-order chi connectivity index (χ0) is 50.6. The Morgan fingerprint density at radius 2 is 0.557 bits per heavy atom. The summed E-state index contributed by atoms with van der Waals surface area (Å²) in [5, 5.41) is 23.2. The third-order valence-electron chi connectivity index (χ3n) is 14.8.